The number of carboxylic acid groups (broad SMARTS) is 1. The molecule has 0 aromatic heterocycles. The van der Waals surface area contributed by atoms with Gasteiger partial charge in [0.1, 0.15) is 6.04 Å². The minimum absolute atomic E-state index is 0.0272. The van der Waals surface area contributed by atoms with E-state index in [1.165, 1.54) is 24.3 Å². The molecular formula is C13H14ClN2O4. The lowest BCUT2D eigenvalue weighted by atomic mass is 10.1. The third-order valence-electron chi connectivity index (χ3n) is 2.61. The molecule has 2 amide bonds. The lowest BCUT2D eigenvalue weighted by molar-refractivity contribution is -0.139. The van der Waals surface area contributed by atoms with Gasteiger partial charge in [0, 0.05) is 17.0 Å². The summed E-state index contributed by atoms with van der Waals surface area (Å²) >= 11 is 5.70. The number of halogens is 1. The van der Waals surface area contributed by atoms with Gasteiger partial charge in [-0.25, -0.2) is 4.79 Å². The molecule has 0 spiro atoms. The Hall–Kier alpha value is -2.08. The molecular weight excluding hydrogens is 284 g/mol. The van der Waals surface area contributed by atoms with Crippen LogP contribution in [0.25, 0.3) is 0 Å². The average molecular weight is 298 g/mol. The van der Waals surface area contributed by atoms with Crippen LogP contribution in [0, 0.1) is 0 Å². The molecule has 6 nitrogen and oxygen atoms in total. The molecule has 1 aromatic carbocycles. The van der Waals surface area contributed by atoms with Crippen molar-refractivity contribution in [2.45, 2.75) is 25.3 Å². The van der Waals surface area contributed by atoms with E-state index < -0.39 is 23.8 Å². The van der Waals surface area contributed by atoms with Crippen molar-refractivity contribution < 1.29 is 19.5 Å². The molecule has 1 unspecified atom stereocenters. The molecule has 0 aliphatic rings. The monoisotopic (exact) mass is 297 g/mol. The first kappa shape index (κ1) is 16.0. The number of hydrogen-bond donors (Lipinski definition) is 2. The van der Waals surface area contributed by atoms with E-state index in [1.54, 1.807) is 0 Å². The normalized spacial score (nSPS) is 11.7. The van der Waals surface area contributed by atoms with Crippen molar-refractivity contribution in [3.05, 3.63) is 34.9 Å². The van der Waals surface area contributed by atoms with Crippen LogP contribution in [0.5, 0.6) is 0 Å². The first-order valence-corrected chi connectivity index (χ1v) is 6.31. The van der Waals surface area contributed by atoms with Gasteiger partial charge in [0.25, 0.3) is 5.91 Å². The molecule has 1 aromatic rings. The Morgan fingerprint density at radius 3 is 2.35 bits per heavy atom. The lowest BCUT2D eigenvalue weighted by Gasteiger charge is -2.14. The van der Waals surface area contributed by atoms with Gasteiger partial charge in [0.2, 0.25) is 5.91 Å². The van der Waals surface area contributed by atoms with E-state index in [4.69, 9.17) is 22.4 Å². The summed E-state index contributed by atoms with van der Waals surface area (Å²) in [6.45, 7) is 0. The molecule has 0 aliphatic heterocycles. The highest BCUT2D eigenvalue weighted by Gasteiger charge is 2.20. The molecule has 1 rings (SSSR count). The second-order valence-electron chi connectivity index (χ2n) is 4.19. The Morgan fingerprint density at radius 1 is 1.25 bits per heavy atom. The molecule has 7 heteroatoms. The summed E-state index contributed by atoms with van der Waals surface area (Å²) in [5.41, 5.74) is 7.04. The number of benzene rings is 1. The molecule has 107 valence electrons. The van der Waals surface area contributed by atoms with E-state index in [9.17, 15) is 14.4 Å². The smallest absolute Gasteiger partial charge is 0.326 e. The van der Waals surface area contributed by atoms with Gasteiger partial charge >= 0.3 is 5.97 Å². The highest BCUT2D eigenvalue weighted by Crippen LogP contribution is 2.10. The Balaban J connectivity index is 2.60. The van der Waals surface area contributed by atoms with Crippen molar-refractivity contribution in [2.75, 3.05) is 0 Å². The molecule has 3 N–H and O–H groups in total. The number of aliphatic carboxylic acids is 1. The van der Waals surface area contributed by atoms with Gasteiger partial charge in [-0.3, -0.25) is 15.3 Å². The maximum Gasteiger partial charge on any atom is 0.326 e. The summed E-state index contributed by atoms with van der Waals surface area (Å²) in [6.07, 6.45) is 0.306. The number of hydrogen-bond acceptors (Lipinski definition) is 3. The van der Waals surface area contributed by atoms with Crippen LogP contribution in [-0.4, -0.2) is 28.9 Å². The van der Waals surface area contributed by atoms with E-state index in [0.717, 1.165) is 0 Å². The molecule has 0 bridgehead atoms. The van der Waals surface area contributed by atoms with E-state index >= 15 is 0 Å². The minimum atomic E-state index is -1.18. The topological polar surface area (TPSA) is 107 Å². The summed E-state index contributed by atoms with van der Waals surface area (Å²) in [6, 6.07) is 4.96. The fraction of sp³-hybridized carbons (Fsp3) is 0.308. The van der Waals surface area contributed by atoms with Gasteiger partial charge in [0.05, 0.1) is 0 Å². The average Bonchev–Trinajstić information content (AvgIpc) is 2.37. The minimum Gasteiger partial charge on any atom is -0.480 e. The number of carbonyl (C=O) groups excluding carboxylic acids is 2. The van der Waals surface area contributed by atoms with Crippen LogP contribution >= 0.6 is 11.6 Å². The summed E-state index contributed by atoms with van der Waals surface area (Å²) < 4.78 is 0. The van der Waals surface area contributed by atoms with Crippen LogP contribution < -0.4 is 11.1 Å². The van der Waals surface area contributed by atoms with Crippen molar-refractivity contribution >= 4 is 29.4 Å². The number of carbonyl (C=O) groups is 3. The second kappa shape index (κ2) is 7.49. The zero-order valence-corrected chi connectivity index (χ0v) is 11.3. The van der Waals surface area contributed by atoms with Gasteiger partial charge in [-0.1, -0.05) is 11.6 Å². The maximum atomic E-state index is 11.8. The van der Waals surface area contributed by atoms with Crippen LogP contribution in [0.15, 0.2) is 24.3 Å². The molecule has 0 saturated carbocycles. The predicted molar refractivity (Wildman–Crippen MR) is 72.3 cm³/mol. The molecule has 0 heterocycles. The fourth-order valence-corrected chi connectivity index (χ4v) is 1.69. The zero-order valence-electron chi connectivity index (χ0n) is 10.6. The van der Waals surface area contributed by atoms with Gasteiger partial charge in [-0.2, -0.15) is 0 Å². The van der Waals surface area contributed by atoms with Crippen LogP contribution in [0.2, 0.25) is 5.02 Å². The largest absolute Gasteiger partial charge is 0.480 e. The van der Waals surface area contributed by atoms with Crippen molar-refractivity contribution in [3.8, 4) is 0 Å². The summed E-state index contributed by atoms with van der Waals surface area (Å²) in [5, 5.41) is 11.9. The van der Waals surface area contributed by atoms with Gasteiger partial charge in [0.15, 0.2) is 0 Å². The first-order chi connectivity index (χ1) is 9.40. The summed E-state index contributed by atoms with van der Waals surface area (Å²) in [4.78, 5) is 33.4. The first-order valence-electron chi connectivity index (χ1n) is 5.94. The Kier molecular flexibility index (Phi) is 5.99. The van der Waals surface area contributed by atoms with Gasteiger partial charge in [-0.15, -0.1) is 0 Å². The van der Waals surface area contributed by atoms with E-state index in [0.29, 0.717) is 10.6 Å². The Morgan fingerprint density at radius 2 is 1.85 bits per heavy atom. The van der Waals surface area contributed by atoms with Crippen molar-refractivity contribution in [3.63, 3.8) is 0 Å². The van der Waals surface area contributed by atoms with Gasteiger partial charge < -0.3 is 10.4 Å². The van der Waals surface area contributed by atoms with E-state index in [2.05, 4.69) is 5.32 Å². The maximum absolute atomic E-state index is 11.8. The second-order valence-corrected chi connectivity index (χ2v) is 4.62. The zero-order chi connectivity index (χ0) is 15.1. The van der Waals surface area contributed by atoms with Crippen molar-refractivity contribution in [1.82, 2.24) is 11.1 Å². The van der Waals surface area contributed by atoms with Crippen LogP contribution in [-0.2, 0) is 9.59 Å². The van der Waals surface area contributed by atoms with E-state index in [-0.39, 0.29) is 19.3 Å². The van der Waals surface area contributed by atoms with E-state index in [1.807, 2.05) is 0 Å². The predicted octanol–water partition coefficient (Wildman–Crippen LogP) is 1.50. The Labute approximate surface area is 120 Å². The molecule has 0 fully saturated rings. The number of nitrogens with one attached hydrogen (secondary N) is 2. The molecule has 1 radical (unpaired) electrons. The Bertz CT molecular complexity index is 502. The summed E-state index contributed by atoms with van der Waals surface area (Å²) in [7, 11) is 0. The van der Waals surface area contributed by atoms with Crippen LogP contribution in [0.1, 0.15) is 29.6 Å². The highest BCUT2D eigenvalue weighted by atomic mass is 35.5. The number of carboxylic acids is 1. The third kappa shape index (κ3) is 5.27. The molecule has 0 saturated heterocycles. The quantitative estimate of drug-likeness (QED) is 0.795. The number of rotatable bonds is 7. The fourth-order valence-electron chi connectivity index (χ4n) is 1.57. The van der Waals surface area contributed by atoms with Crippen LogP contribution in [0.4, 0.5) is 0 Å². The third-order valence-corrected chi connectivity index (χ3v) is 2.86. The number of amides is 2. The standard InChI is InChI=1S/C13H14ClN2O4/c14-9-6-4-8(5-7-9)12(18)16-10(13(19)20)2-1-3-11(15)17/h4-7,10,15H,1-3H2,(H,16,18)(H,19,20). The van der Waals surface area contributed by atoms with Crippen LogP contribution in [0.3, 0.4) is 0 Å². The SMILES string of the molecule is [NH]C(=O)CCCC(NC(=O)c1ccc(Cl)cc1)C(=O)O. The molecule has 1 atom stereocenters. The molecule has 20 heavy (non-hydrogen) atoms. The lowest BCUT2D eigenvalue weighted by Crippen LogP contribution is -2.40. The summed E-state index contributed by atoms with van der Waals surface area (Å²) in [5.74, 6) is -2.45. The van der Waals surface area contributed by atoms with Crippen molar-refractivity contribution in [2.24, 2.45) is 0 Å². The highest BCUT2D eigenvalue weighted by molar-refractivity contribution is 6.30. The molecule has 0 aliphatic carbocycles. The van der Waals surface area contributed by atoms with Crippen molar-refractivity contribution in [1.29, 1.82) is 0 Å². The van der Waals surface area contributed by atoms with Gasteiger partial charge in [-0.05, 0) is 37.1 Å².